The van der Waals surface area contributed by atoms with Gasteiger partial charge < -0.3 is 10.6 Å². The van der Waals surface area contributed by atoms with Crippen LogP contribution in [0.15, 0.2) is 0 Å². The Balaban J connectivity index is 2.24. The van der Waals surface area contributed by atoms with Crippen LogP contribution in [0.1, 0.15) is 32.1 Å². The van der Waals surface area contributed by atoms with Crippen LogP contribution in [-0.2, 0) is 14.4 Å². The van der Waals surface area contributed by atoms with Gasteiger partial charge in [-0.05, 0) is 31.6 Å². The van der Waals surface area contributed by atoms with Gasteiger partial charge in [-0.25, -0.2) is 4.79 Å². The summed E-state index contributed by atoms with van der Waals surface area (Å²) in [6.45, 7) is 0. The van der Waals surface area contributed by atoms with E-state index in [2.05, 4.69) is 4.84 Å². The Labute approximate surface area is 102 Å². The third kappa shape index (κ3) is 4.91. The fourth-order valence-corrected chi connectivity index (χ4v) is 1.86. The summed E-state index contributed by atoms with van der Waals surface area (Å²) >= 11 is 0. The number of hydroxylamine groups is 1. The van der Waals surface area contributed by atoms with Crippen LogP contribution >= 0.6 is 0 Å². The van der Waals surface area contributed by atoms with Gasteiger partial charge in [-0.1, -0.05) is 0 Å². The van der Waals surface area contributed by atoms with Crippen molar-refractivity contribution in [3.63, 3.8) is 0 Å². The Bertz CT molecular complexity index is 312. The molecule has 5 nitrogen and oxygen atoms in total. The van der Waals surface area contributed by atoms with Crippen LogP contribution in [0.5, 0.6) is 0 Å². The summed E-state index contributed by atoms with van der Waals surface area (Å²) in [6, 6.07) is 0.132. The summed E-state index contributed by atoms with van der Waals surface area (Å²) in [6.07, 6.45) is -1.98. The molecule has 0 aromatic heterocycles. The van der Waals surface area contributed by atoms with Crippen molar-refractivity contribution in [1.82, 2.24) is 5.48 Å². The highest BCUT2D eigenvalue weighted by atomic mass is 19.4. The Hall–Kier alpha value is -1.31. The van der Waals surface area contributed by atoms with Crippen molar-refractivity contribution in [2.45, 2.75) is 44.3 Å². The second kappa shape index (κ2) is 6.03. The van der Waals surface area contributed by atoms with Crippen molar-refractivity contribution in [2.75, 3.05) is 0 Å². The number of alkyl halides is 3. The first-order valence-electron chi connectivity index (χ1n) is 5.61. The lowest BCUT2D eigenvalue weighted by Gasteiger charge is -2.25. The second-order valence-electron chi connectivity index (χ2n) is 4.40. The summed E-state index contributed by atoms with van der Waals surface area (Å²) in [4.78, 5) is 25.2. The number of nitrogens with one attached hydrogen (secondary N) is 1. The molecule has 0 aromatic rings. The van der Waals surface area contributed by atoms with Gasteiger partial charge in [-0.3, -0.25) is 4.79 Å². The highest BCUT2D eigenvalue weighted by Crippen LogP contribution is 2.25. The van der Waals surface area contributed by atoms with Gasteiger partial charge in [-0.2, -0.15) is 18.7 Å². The first-order chi connectivity index (χ1) is 8.29. The molecule has 1 rings (SSSR count). The van der Waals surface area contributed by atoms with Crippen LogP contribution in [0.2, 0.25) is 0 Å². The topological polar surface area (TPSA) is 81.4 Å². The number of hydrogen-bond acceptors (Lipinski definition) is 4. The van der Waals surface area contributed by atoms with Crippen LogP contribution in [0, 0.1) is 5.92 Å². The molecule has 0 bridgehead atoms. The molecule has 8 heteroatoms. The van der Waals surface area contributed by atoms with Gasteiger partial charge in [0, 0.05) is 12.5 Å². The summed E-state index contributed by atoms with van der Waals surface area (Å²) in [7, 11) is 0. The standard InChI is InChI=1S/C10H15F3N2O3/c11-10(12,13)9(17)18-15-8(16)5-6-1-3-7(14)4-2-6/h6-7H,1-5,14H2,(H,15,16)/t6-,7-. The summed E-state index contributed by atoms with van der Waals surface area (Å²) in [5.41, 5.74) is 7.19. The predicted octanol–water partition coefficient (Wildman–Crippen LogP) is 1.03. The van der Waals surface area contributed by atoms with E-state index >= 15 is 0 Å². The zero-order valence-corrected chi connectivity index (χ0v) is 9.63. The van der Waals surface area contributed by atoms with E-state index in [1.807, 2.05) is 0 Å². The molecule has 0 radical (unpaired) electrons. The van der Waals surface area contributed by atoms with E-state index in [1.165, 1.54) is 5.48 Å². The number of carbonyl (C=O) groups is 2. The van der Waals surface area contributed by atoms with E-state index < -0.39 is 18.1 Å². The molecule has 0 saturated heterocycles. The molecule has 18 heavy (non-hydrogen) atoms. The molecule has 0 heterocycles. The molecule has 0 unspecified atom stereocenters. The van der Waals surface area contributed by atoms with Crippen molar-refractivity contribution >= 4 is 11.9 Å². The maximum absolute atomic E-state index is 11.8. The third-order valence-electron chi connectivity index (χ3n) is 2.85. The predicted molar refractivity (Wildman–Crippen MR) is 54.8 cm³/mol. The van der Waals surface area contributed by atoms with Crippen LogP contribution in [0.25, 0.3) is 0 Å². The van der Waals surface area contributed by atoms with Gasteiger partial charge in [0.1, 0.15) is 0 Å². The Kier molecular flexibility index (Phi) is 4.94. The van der Waals surface area contributed by atoms with E-state index in [1.54, 1.807) is 0 Å². The minimum Gasteiger partial charge on any atom is -0.332 e. The van der Waals surface area contributed by atoms with E-state index in [0.29, 0.717) is 0 Å². The van der Waals surface area contributed by atoms with Crippen molar-refractivity contribution < 1.29 is 27.6 Å². The molecule has 0 aromatic carbocycles. The molecular formula is C10H15F3N2O3. The molecule has 0 spiro atoms. The Morgan fingerprint density at radius 3 is 2.28 bits per heavy atom. The maximum Gasteiger partial charge on any atom is 0.493 e. The molecule has 1 aliphatic rings. The first-order valence-corrected chi connectivity index (χ1v) is 5.61. The van der Waals surface area contributed by atoms with E-state index in [0.717, 1.165) is 25.7 Å². The molecule has 1 aliphatic carbocycles. The molecular weight excluding hydrogens is 253 g/mol. The monoisotopic (exact) mass is 268 g/mol. The zero-order chi connectivity index (χ0) is 13.8. The Morgan fingerprint density at radius 1 is 1.22 bits per heavy atom. The number of hydrogen-bond donors (Lipinski definition) is 2. The minimum absolute atomic E-state index is 0.0395. The van der Waals surface area contributed by atoms with Gasteiger partial charge in [0.25, 0.3) is 5.91 Å². The minimum atomic E-state index is -5.11. The summed E-state index contributed by atoms with van der Waals surface area (Å²) < 4.78 is 35.3. The third-order valence-corrected chi connectivity index (χ3v) is 2.85. The number of carbonyl (C=O) groups excluding carboxylic acids is 2. The van der Waals surface area contributed by atoms with Gasteiger partial charge in [0.05, 0.1) is 0 Å². The Morgan fingerprint density at radius 2 is 1.78 bits per heavy atom. The smallest absolute Gasteiger partial charge is 0.332 e. The highest BCUT2D eigenvalue weighted by Gasteiger charge is 2.42. The SMILES string of the molecule is N[C@H]1CC[C@H](CC(=O)NOC(=O)C(F)(F)F)CC1. The van der Waals surface area contributed by atoms with Crippen LogP contribution < -0.4 is 11.2 Å². The lowest BCUT2D eigenvalue weighted by Crippen LogP contribution is -2.36. The number of halogens is 3. The second-order valence-corrected chi connectivity index (χ2v) is 4.40. The number of amides is 1. The van der Waals surface area contributed by atoms with Gasteiger partial charge in [-0.15, -0.1) is 0 Å². The van der Waals surface area contributed by atoms with Gasteiger partial charge in [0.15, 0.2) is 0 Å². The first kappa shape index (κ1) is 14.7. The number of rotatable bonds is 2. The fourth-order valence-electron chi connectivity index (χ4n) is 1.86. The lowest BCUT2D eigenvalue weighted by atomic mass is 9.84. The highest BCUT2D eigenvalue weighted by molar-refractivity contribution is 5.80. The summed E-state index contributed by atoms with van der Waals surface area (Å²) in [5, 5.41) is 0. The molecule has 0 atom stereocenters. The van der Waals surface area contributed by atoms with Gasteiger partial charge in [0.2, 0.25) is 0 Å². The molecule has 1 amide bonds. The van der Waals surface area contributed by atoms with Gasteiger partial charge >= 0.3 is 12.1 Å². The van der Waals surface area contributed by atoms with Crippen molar-refractivity contribution in [2.24, 2.45) is 11.7 Å². The quantitative estimate of drug-likeness (QED) is 0.733. The average molecular weight is 268 g/mol. The molecule has 3 N–H and O–H groups in total. The number of nitrogens with two attached hydrogens (primary N) is 1. The largest absolute Gasteiger partial charge is 0.493 e. The molecule has 1 saturated carbocycles. The summed E-state index contributed by atoms with van der Waals surface area (Å²) in [5.74, 6) is -3.08. The lowest BCUT2D eigenvalue weighted by molar-refractivity contribution is -0.207. The molecule has 104 valence electrons. The van der Waals surface area contributed by atoms with Crippen molar-refractivity contribution in [3.8, 4) is 0 Å². The maximum atomic E-state index is 11.8. The normalized spacial score (nSPS) is 24.4. The van der Waals surface area contributed by atoms with Crippen LogP contribution in [-0.4, -0.2) is 24.1 Å². The van der Waals surface area contributed by atoms with Crippen molar-refractivity contribution in [1.29, 1.82) is 0 Å². The average Bonchev–Trinajstić information content (AvgIpc) is 2.28. The van der Waals surface area contributed by atoms with E-state index in [-0.39, 0.29) is 18.4 Å². The zero-order valence-electron chi connectivity index (χ0n) is 9.63. The van der Waals surface area contributed by atoms with E-state index in [9.17, 15) is 22.8 Å². The molecule has 0 aliphatic heterocycles. The van der Waals surface area contributed by atoms with Crippen LogP contribution in [0.4, 0.5) is 13.2 Å². The van der Waals surface area contributed by atoms with E-state index in [4.69, 9.17) is 5.73 Å². The fraction of sp³-hybridized carbons (Fsp3) is 0.800. The van der Waals surface area contributed by atoms with Crippen molar-refractivity contribution in [3.05, 3.63) is 0 Å². The van der Waals surface area contributed by atoms with Crippen LogP contribution in [0.3, 0.4) is 0 Å². The molecule has 1 fully saturated rings.